The van der Waals surface area contributed by atoms with Gasteiger partial charge in [-0.3, -0.25) is 5.43 Å². The van der Waals surface area contributed by atoms with E-state index in [0.717, 1.165) is 45.8 Å². The summed E-state index contributed by atoms with van der Waals surface area (Å²) < 4.78 is 21.9. The molecular weight excluding hydrogens is 580 g/mol. The van der Waals surface area contributed by atoms with Crippen molar-refractivity contribution < 1.29 is 28.5 Å². The molecule has 0 aliphatic heterocycles. The summed E-state index contributed by atoms with van der Waals surface area (Å²) >= 11 is 0. The number of hydrogen-bond donors (Lipinski definition) is 1. The summed E-state index contributed by atoms with van der Waals surface area (Å²) in [6, 6.07) is 34.1. The maximum absolute atomic E-state index is 13.1. The highest BCUT2D eigenvalue weighted by Gasteiger charge is 2.13. The number of methoxy groups -OCH3 is 1. The smallest absolute Gasteiger partial charge is 0.343 e. The number of nitrogens with zero attached hydrogens (tertiary/aromatic N) is 1. The monoisotopic (exact) mass is 614 g/mol. The molecule has 0 bridgehead atoms. The minimum atomic E-state index is -0.489. The highest BCUT2D eigenvalue weighted by atomic mass is 16.5. The van der Waals surface area contributed by atoms with E-state index in [2.05, 4.69) is 17.1 Å². The summed E-state index contributed by atoms with van der Waals surface area (Å²) in [6.45, 7) is 4.23. The normalized spacial score (nSPS) is 10.8. The molecule has 0 atom stereocenters. The van der Waals surface area contributed by atoms with Crippen LogP contribution in [-0.2, 0) is 9.53 Å². The van der Waals surface area contributed by atoms with Crippen LogP contribution in [0.5, 0.6) is 17.2 Å². The largest absolute Gasteiger partial charge is 0.497 e. The van der Waals surface area contributed by atoms with E-state index >= 15 is 0 Å². The van der Waals surface area contributed by atoms with Gasteiger partial charge in [-0.2, -0.15) is 5.10 Å². The van der Waals surface area contributed by atoms with Crippen molar-refractivity contribution in [3.05, 3.63) is 133 Å². The first-order chi connectivity index (χ1) is 22.5. The molecule has 1 N–H and O–H groups in total. The van der Waals surface area contributed by atoms with Gasteiger partial charge in [-0.05, 0) is 77.9 Å². The lowest BCUT2D eigenvalue weighted by Gasteiger charge is -2.10. The molecule has 0 aromatic heterocycles. The van der Waals surface area contributed by atoms with Crippen molar-refractivity contribution in [3.8, 4) is 28.4 Å². The first-order valence-electron chi connectivity index (χ1n) is 14.8. The number of rotatable bonds is 14. The molecule has 0 aliphatic carbocycles. The van der Waals surface area contributed by atoms with Gasteiger partial charge in [0.05, 0.1) is 37.8 Å². The zero-order valence-corrected chi connectivity index (χ0v) is 25.5. The van der Waals surface area contributed by atoms with Gasteiger partial charge in [-0.1, -0.05) is 67.2 Å². The Hall–Kier alpha value is -5.89. The van der Waals surface area contributed by atoms with Crippen LogP contribution in [0.15, 0.2) is 127 Å². The summed E-state index contributed by atoms with van der Waals surface area (Å²) in [5, 5.41) is 6.56. The maximum Gasteiger partial charge on any atom is 0.343 e. The molecule has 0 spiro atoms. The van der Waals surface area contributed by atoms with Crippen LogP contribution in [0.25, 0.3) is 21.9 Å². The molecule has 5 aromatic rings. The Morgan fingerprint density at radius 1 is 0.804 bits per heavy atom. The number of carbonyl (C=O) groups excluding carboxylic acids is 2. The molecule has 232 valence electrons. The zero-order valence-electron chi connectivity index (χ0n) is 25.5. The van der Waals surface area contributed by atoms with Gasteiger partial charge in [-0.25, -0.2) is 9.59 Å². The Labute approximate surface area is 267 Å². The number of anilines is 1. The van der Waals surface area contributed by atoms with Gasteiger partial charge in [0.1, 0.15) is 17.2 Å². The molecule has 46 heavy (non-hydrogen) atoms. The zero-order chi connectivity index (χ0) is 32.1. The van der Waals surface area contributed by atoms with Crippen molar-refractivity contribution in [2.75, 3.05) is 25.7 Å². The molecule has 8 nitrogen and oxygen atoms in total. The molecule has 0 aliphatic rings. The van der Waals surface area contributed by atoms with Gasteiger partial charge in [0.25, 0.3) is 0 Å². The van der Waals surface area contributed by atoms with Crippen molar-refractivity contribution in [1.82, 2.24) is 0 Å². The van der Waals surface area contributed by atoms with E-state index in [9.17, 15) is 9.59 Å². The van der Waals surface area contributed by atoms with Gasteiger partial charge >= 0.3 is 11.9 Å². The van der Waals surface area contributed by atoms with Crippen LogP contribution in [0.3, 0.4) is 0 Å². The molecule has 0 saturated heterocycles. The molecular formula is C38H34N2O6. The number of hydrazone groups is 1. The van der Waals surface area contributed by atoms with Crippen LogP contribution in [0, 0.1) is 0 Å². The van der Waals surface area contributed by atoms with E-state index in [1.165, 1.54) is 0 Å². The topological polar surface area (TPSA) is 95.5 Å². The Morgan fingerprint density at radius 3 is 2.26 bits per heavy atom. The minimum absolute atomic E-state index is 0.344. The second-order valence-corrected chi connectivity index (χ2v) is 10.2. The predicted octanol–water partition coefficient (Wildman–Crippen LogP) is 8.07. The first kappa shape index (κ1) is 31.5. The molecule has 0 radical (unpaired) electrons. The molecule has 8 heteroatoms. The first-order valence-corrected chi connectivity index (χ1v) is 14.8. The number of benzene rings is 5. The predicted molar refractivity (Wildman–Crippen MR) is 181 cm³/mol. The lowest BCUT2D eigenvalue weighted by molar-refractivity contribution is -0.137. The molecule has 0 saturated carbocycles. The molecule has 5 aromatic carbocycles. The summed E-state index contributed by atoms with van der Waals surface area (Å²) in [4.78, 5) is 24.2. The van der Waals surface area contributed by atoms with Crippen molar-refractivity contribution in [2.45, 2.75) is 12.8 Å². The van der Waals surface area contributed by atoms with Crippen molar-refractivity contribution in [1.29, 1.82) is 0 Å². The van der Waals surface area contributed by atoms with Crippen LogP contribution in [0.1, 0.15) is 28.8 Å². The van der Waals surface area contributed by atoms with Crippen molar-refractivity contribution >= 4 is 34.6 Å². The van der Waals surface area contributed by atoms with Crippen molar-refractivity contribution in [3.63, 3.8) is 0 Å². The molecule has 5 rings (SSSR count). The van der Waals surface area contributed by atoms with E-state index in [1.54, 1.807) is 43.7 Å². The van der Waals surface area contributed by atoms with Crippen LogP contribution >= 0.6 is 0 Å². The second kappa shape index (κ2) is 15.7. The number of esters is 2. The number of fused-ring (bicyclic) bond motifs is 1. The fraction of sp³-hybridized carbons (Fsp3) is 0.132. The van der Waals surface area contributed by atoms with E-state index in [0.29, 0.717) is 42.3 Å². The Balaban J connectivity index is 1.19. The van der Waals surface area contributed by atoms with E-state index < -0.39 is 11.9 Å². The average molecular weight is 615 g/mol. The standard InChI is InChI=1S/C38H34N2O6/c1-3-37(41)45-24-7-6-23-44-32-19-17-28(18-20-32)27-13-15-30(16-14-27)38(42)46-36-22-21-33(43-2)25-31(36)26-39-40-35-12-8-10-29-9-4-5-11-34(29)35/h3-5,8-22,25-26,40H,1,6-7,23-24H2,2H3/b39-26+. The highest BCUT2D eigenvalue weighted by Crippen LogP contribution is 2.27. The van der Waals surface area contributed by atoms with Crippen LogP contribution in [0.4, 0.5) is 5.69 Å². The third-order valence-electron chi connectivity index (χ3n) is 7.12. The lowest BCUT2D eigenvalue weighted by Crippen LogP contribution is -2.10. The van der Waals surface area contributed by atoms with Crippen LogP contribution in [0.2, 0.25) is 0 Å². The van der Waals surface area contributed by atoms with Gasteiger partial charge in [0.2, 0.25) is 0 Å². The Bertz CT molecular complexity index is 1830. The molecule has 0 amide bonds. The highest BCUT2D eigenvalue weighted by molar-refractivity contribution is 5.95. The van der Waals surface area contributed by atoms with Gasteiger partial charge in [0, 0.05) is 17.0 Å². The minimum Gasteiger partial charge on any atom is -0.497 e. The fourth-order valence-electron chi connectivity index (χ4n) is 4.67. The summed E-state index contributed by atoms with van der Waals surface area (Å²) in [5.74, 6) is 0.805. The lowest BCUT2D eigenvalue weighted by atomic mass is 10.0. The summed E-state index contributed by atoms with van der Waals surface area (Å²) in [7, 11) is 1.58. The van der Waals surface area contributed by atoms with Gasteiger partial charge in [-0.15, -0.1) is 0 Å². The van der Waals surface area contributed by atoms with Crippen molar-refractivity contribution in [2.24, 2.45) is 5.10 Å². The third kappa shape index (κ3) is 8.39. The number of ether oxygens (including phenoxy) is 4. The average Bonchev–Trinajstić information content (AvgIpc) is 3.10. The quantitative estimate of drug-likeness (QED) is 0.0338. The molecule has 0 heterocycles. The number of hydrogen-bond acceptors (Lipinski definition) is 8. The van der Waals surface area contributed by atoms with Gasteiger partial charge < -0.3 is 18.9 Å². The molecule has 0 unspecified atom stereocenters. The fourth-order valence-corrected chi connectivity index (χ4v) is 4.67. The maximum atomic E-state index is 13.1. The van der Waals surface area contributed by atoms with Crippen LogP contribution in [-0.4, -0.2) is 38.5 Å². The summed E-state index contributed by atoms with van der Waals surface area (Å²) in [5.41, 5.74) is 6.88. The van der Waals surface area contributed by atoms with E-state index in [-0.39, 0.29) is 0 Å². The molecule has 0 fully saturated rings. The summed E-state index contributed by atoms with van der Waals surface area (Å²) in [6.07, 6.45) is 4.23. The second-order valence-electron chi connectivity index (χ2n) is 10.2. The number of nitrogens with one attached hydrogen (secondary N) is 1. The SMILES string of the molecule is C=CC(=O)OCCCCOc1ccc(-c2ccc(C(=O)Oc3ccc(OC)cc3/C=N/Nc3cccc4ccccc34)cc2)cc1. The van der Waals surface area contributed by atoms with E-state index in [4.69, 9.17) is 18.9 Å². The van der Waals surface area contributed by atoms with E-state index in [1.807, 2.05) is 78.9 Å². The number of carbonyl (C=O) groups is 2. The van der Waals surface area contributed by atoms with Crippen LogP contribution < -0.4 is 19.6 Å². The Morgan fingerprint density at radius 2 is 1.50 bits per heavy atom. The number of unbranched alkanes of at least 4 members (excludes halogenated alkanes) is 1. The Kier molecular flexibility index (Phi) is 10.8. The van der Waals surface area contributed by atoms with Gasteiger partial charge in [0.15, 0.2) is 0 Å². The third-order valence-corrected chi connectivity index (χ3v) is 7.12.